The molecule has 0 bridgehead atoms. The number of hydrogen-bond donors (Lipinski definition) is 0. The van der Waals surface area contributed by atoms with Gasteiger partial charge in [-0.05, 0) is 43.9 Å². The molecule has 3 rings (SSSR count). The van der Waals surface area contributed by atoms with E-state index in [1.807, 2.05) is 13.8 Å². The number of carbonyl (C=O) groups is 2. The minimum absolute atomic E-state index is 0.225. The maximum Gasteiger partial charge on any atom is 0.414 e. The summed E-state index contributed by atoms with van der Waals surface area (Å²) in [6, 6.07) is 4.93. The number of ether oxygens (including phenoxy) is 1. The highest BCUT2D eigenvalue weighted by Gasteiger charge is 2.34. The van der Waals surface area contributed by atoms with Gasteiger partial charge in [0.05, 0.1) is 24.1 Å². The summed E-state index contributed by atoms with van der Waals surface area (Å²) in [7, 11) is 0. The summed E-state index contributed by atoms with van der Waals surface area (Å²) in [4.78, 5) is 27.4. The zero-order valence-electron chi connectivity index (χ0n) is 16.2. The fourth-order valence-corrected chi connectivity index (χ4v) is 3.21. The molecule has 6 nitrogen and oxygen atoms in total. The molecule has 1 amide bonds. The van der Waals surface area contributed by atoms with Crippen LogP contribution in [0.4, 0.5) is 10.5 Å². The molecule has 28 heavy (non-hydrogen) atoms. The first-order chi connectivity index (χ1) is 13.6. The first-order valence-electron chi connectivity index (χ1n) is 9.79. The summed E-state index contributed by atoms with van der Waals surface area (Å²) >= 11 is 6.19. The number of carbonyl (C=O) groups excluding carboxylic acids is 2. The van der Waals surface area contributed by atoms with Crippen LogP contribution >= 0.6 is 11.6 Å². The first kappa shape index (κ1) is 20.4. The molecule has 0 radical (unpaired) electrons. The third-order valence-corrected chi connectivity index (χ3v) is 4.91. The number of rotatable bonds is 9. The van der Waals surface area contributed by atoms with Crippen LogP contribution in [-0.2, 0) is 4.74 Å². The van der Waals surface area contributed by atoms with E-state index < -0.39 is 6.09 Å². The van der Waals surface area contributed by atoms with E-state index in [0.717, 1.165) is 25.7 Å². The third-order valence-electron chi connectivity index (χ3n) is 4.68. The molecule has 0 N–H and O–H groups in total. The molecule has 7 heteroatoms. The van der Waals surface area contributed by atoms with Gasteiger partial charge in [0.15, 0.2) is 11.5 Å². The largest absolute Gasteiger partial charge is 0.449 e. The van der Waals surface area contributed by atoms with Crippen LogP contribution in [0, 0.1) is 0 Å². The molecule has 1 saturated carbocycles. The lowest BCUT2D eigenvalue weighted by molar-refractivity contribution is 0.103. The van der Waals surface area contributed by atoms with Gasteiger partial charge in [0, 0.05) is 23.0 Å². The van der Waals surface area contributed by atoms with E-state index in [0.29, 0.717) is 47.2 Å². The zero-order valence-corrected chi connectivity index (χ0v) is 17.0. The minimum Gasteiger partial charge on any atom is -0.449 e. The number of benzene rings is 1. The van der Waals surface area contributed by atoms with Gasteiger partial charge in [0.1, 0.15) is 0 Å². The summed E-state index contributed by atoms with van der Waals surface area (Å²) in [5, 5.41) is 4.26. The van der Waals surface area contributed by atoms with E-state index in [1.165, 1.54) is 11.1 Å². The van der Waals surface area contributed by atoms with E-state index in [9.17, 15) is 9.59 Å². The molecule has 0 spiro atoms. The van der Waals surface area contributed by atoms with Crippen LogP contribution in [0.1, 0.15) is 73.6 Å². The molecule has 1 aromatic heterocycles. The van der Waals surface area contributed by atoms with Gasteiger partial charge in [0.2, 0.25) is 0 Å². The predicted molar refractivity (Wildman–Crippen MR) is 107 cm³/mol. The molecule has 1 aromatic carbocycles. The van der Waals surface area contributed by atoms with Crippen LogP contribution in [0.5, 0.6) is 0 Å². The van der Waals surface area contributed by atoms with Crippen molar-refractivity contribution >= 4 is 29.2 Å². The molecule has 150 valence electrons. The summed E-state index contributed by atoms with van der Waals surface area (Å²) in [6.45, 7) is 4.76. The van der Waals surface area contributed by atoms with Crippen molar-refractivity contribution in [3.8, 4) is 0 Å². The molecular weight excluding hydrogens is 380 g/mol. The Morgan fingerprint density at radius 3 is 2.71 bits per heavy atom. The monoisotopic (exact) mass is 404 g/mol. The van der Waals surface area contributed by atoms with Gasteiger partial charge in [-0.1, -0.05) is 37.0 Å². The van der Waals surface area contributed by atoms with Gasteiger partial charge >= 0.3 is 6.09 Å². The Labute approximate surface area is 169 Å². The van der Waals surface area contributed by atoms with Crippen molar-refractivity contribution in [1.82, 2.24) is 5.16 Å². The SMILES string of the molecule is CCCCOC(=O)N(CCC)c1cc(Cl)ccc1C(=O)c1cnoc1C1CC1. The normalized spacial score (nSPS) is 13.4. The molecule has 1 aliphatic carbocycles. The molecule has 1 aliphatic rings. The molecule has 0 unspecified atom stereocenters. The number of amides is 1. The maximum atomic E-state index is 13.3. The second-order valence-corrected chi connectivity index (χ2v) is 7.42. The zero-order chi connectivity index (χ0) is 20.1. The van der Waals surface area contributed by atoms with Crippen LogP contribution in [0.3, 0.4) is 0 Å². The molecule has 0 saturated heterocycles. The number of unbranched alkanes of at least 4 members (excludes halogenated alkanes) is 1. The van der Waals surface area contributed by atoms with E-state index >= 15 is 0 Å². The lowest BCUT2D eigenvalue weighted by Crippen LogP contribution is -2.34. The van der Waals surface area contributed by atoms with Gasteiger partial charge in [-0.3, -0.25) is 9.69 Å². The van der Waals surface area contributed by atoms with Crippen molar-refractivity contribution in [2.75, 3.05) is 18.1 Å². The lowest BCUT2D eigenvalue weighted by Gasteiger charge is -2.24. The van der Waals surface area contributed by atoms with Gasteiger partial charge in [-0.2, -0.15) is 0 Å². The molecule has 1 fully saturated rings. The Morgan fingerprint density at radius 1 is 1.25 bits per heavy atom. The summed E-state index contributed by atoms with van der Waals surface area (Å²) in [5.74, 6) is 0.652. The second-order valence-electron chi connectivity index (χ2n) is 6.99. The highest BCUT2D eigenvalue weighted by molar-refractivity contribution is 6.31. The maximum absolute atomic E-state index is 13.3. The number of anilines is 1. The van der Waals surface area contributed by atoms with Crippen molar-refractivity contribution in [1.29, 1.82) is 0 Å². The van der Waals surface area contributed by atoms with E-state index in [4.69, 9.17) is 20.9 Å². The summed E-state index contributed by atoms with van der Waals surface area (Å²) < 4.78 is 10.7. The summed E-state index contributed by atoms with van der Waals surface area (Å²) in [5.41, 5.74) is 1.28. The Balaban J connectivity index is 1.95. The van der Waals surface area contributed by atoms with Gasteiger partial charge < -0.3 is 9.26 Å². The van der Waals surface area contributed by atoms with Crippen LogP contribution in [0.2, 0.25) is 5.02 Å². The highest BCUT2D eigenvalue weighted by Crippen LogP contribution is 2.42. The van der Waals surface area contributed by atoms with Crippen molar-refractivity contribution in [3.05, 3.63) is 46.3 Å². The average Bonchev–Trinajstić information content (AvgIpc) is 3.42. The van der Waals surface area contributed by atoms with Crippen LogP contribution in [0.25, 0.3) is 0 Å². The van der Waals surface area contributed by atoms with Crippen LogP contribution in [-0.4, -0.2) is 30.2 Å². The topological polar surface area (TPSA) is 72.6 Å². The second kappa shape index (κ2) is 9.24. The average molecular weight is 405 g/mol. The fraction of sp³-hybridized carbons (Fsp3) is 0.476. The van der Waals surface area contributed by atoms with E-state index in [1.54, 1.807) is 18.2 Å². The first-order valence-corrected chi connectivity index (χ1v) is 10.2. The number of aromatic nitrogens is 1. The minimum atomic E-state index is -0.473. The predicted octanol–water partition coefficient (Wildman–Crippen LogP) is 5.59. The van der Waals surface area contributed by atoms with Crippen LogP contribution in [0.15, 0.2) is 28.9 Å². The summed E-state index contributed by atoms with van der Waals surface area (Å²) in [6.07, 6.45) is 5.41. The molecule has 0 aliphatic heterocycles. The van der Waals surface area contributed by atoms with Gasteiger partial charge in [0.25, 0.3) is 0 Å². The van der Waals surface area contributed by atoms with E-state index in [-0.39, 0.29) is 11.7 Å². The fourth-order valence-electron chi connectivity index (χ4n) is 3.04. The Morgan fingerprint density at radius 2 is 2.04 bits per heavy atom. The Bertz CT molecular complexity index is 845. The highest BCUT2D eigenvalue weighted by atomic mass is 35.5. The molecule has 2 aromatic rings. The van der Waals surface area contributed by atoms with Crippen molar-refractivity contribution < 1.29 is 18.8 Å². The molecular formula is C21H25ClN2O4. The Kier molecular flexibility index (Phi) is 6.73. The Hall–Kier alpha value is -2.34. The molecule has 1 heterocycles. The van der Waals surface area contributed by atoms with E-state index in [2.05, 4.69) is 5.16 Å². The quantitative estimate of drug-likeness (QED) is 0.402. The number of hydrogen-bond acceptors (Lipinski definition) is 5. The lowest BCUT2D eigenvalue weighted by atomic mass is 10.0. The van der Waals surface area contributed by atoms with Crippen LogP contribution < -0.4 is 4.90 Å². The van der Waals surface area contributed by atoms with Crippen molar-refractivity contribution in [2.24, 2.45) is 0 Å². The number of ketones is 1. The van der Waals surface area contributed by atoms with Gasteiger partial charge in [-0.15, -0.1) is 0 Å². The third kappa shape index (κ3) is 4.55. The smallest absolute Gasteiger partial charge is 0.414 e. The van der Waals surface area contributed by atoms with Crippen molar-refractivity contribution in [3.63, 3.8) is 0 Å². The standard InChI is InChI=1S/C21H25ClN2O4/c1-3-5-11-27-21(26)24(10-4-2)18-12-15(22)8-9-16(18)19(25)17-13-23-28-20(17)14-6-7-14/h8-9,12-14H,3-7,10-11H2,1-2H3. The number of halogens is 1. The van der Waals surface area contributed by atoms with Gasteiger partial charge in [-0.25, -0.2) is 4.79 Å². The number of nitrogens with zero attached hydrogens (tertiary/aromatic N) is 2. The van der Waals surface area contributed by atoms with Crippen molar-refractivity contribution in [2.45, 2.75) is 51.9 Å². The molecule has 0 atom stereocenters.